The van der Waals surface area contributed by atoms with E-state index in [1.165, 1.54) is 61.9 Å². The van der Waals surface area contributed by atoms with Crippen LogP contribution in [0.2, 0.25) is 0 Å². The van der Waals surface area contributed by atoms with Crippen molar-refractivity contribution in [1.29, 1.82) is 0 Å². The van der Waals surface area contributed by atoms with Gasteiger partial charge in [-0.15, -0.1) is 0 Å². The summed E-state index contributed by atoms with van der Waals surface area (Å²) < 4.78 is 16.7. The molecular weight excluding hydrogens is 696 g/mol. The Morgan fingerprint density at radius 2 is 1.00 bits per heavy atom. The number of para-hydroxylation sites is 1. The second kappa shape index (κ2) is 14.8. The lowest BCUT2D eigenvalue weighted by molar-refractivity contribution is 0.628. The van der Waals surface area contributed by atoms with E-state index in [0.717, 1.165) is 52.2 Å². The van der Waals surface area contributed by atoms with Gasteiger partial charge >= 0.3 is 0 Å². The summed E-state index contributed by atoms with van der Waals surface area (Å²) in [5.41, 5.74) is 15.8. The van der Waals surface area contributed by atoms with Gasteiger partial charge in [0.1, 0.15) is 5.82 Å². The molecule has 272 valence electrons. The van der Waals surface area contributed by atoms with Gasteiger partial charge in [-0.05, 0) is 136 Å². The Kier molecular flexibility index (Phi) is 8.89. The van der Waals surface area contributed by atoms with Crippen LogP contribution >= 0.6 is 0 Å². The van der Waals surface area contributed by atoms with Crippen molar-refractivity contribution in [3.05, 3.63) is 218 Å². The Bertz CT molecular complexity index is 2940. The van der Waals surface area contributed by atoms with Gasteiger partial charge in [-0.25, -0.2) is 4.39 Å². The standard InChI is InChI=1S/C54H39FN2/c55-44-27-31-47(32-28-44)56(46-29-23-38(24-30-46)42-25-33-49(39-13-4-1-5-14-39)51(36-42)40-15-6-2-7-16-40)48-20-12-17-41(35-48)43-26-34-54-52(37-43)50-21-10-11-22-53(50)57(54)45-18-8-3-9-19-45/h1-2,4-8,10-37H,3,9H2. The van der Waals surface area contributed by atoms with Gasteiger partial charge in [-0.1, -0.05) is 133 Å². The molecular formula is C54H39FN2. The lowest BCUT2D eigenvalue weighted by Crippen LogP contribution is -2.10. The summed E-state index contributed by atoms with van der Waals surface area (Å²) in [7, 11) is 0. The topological polar surface area (TPSA) is 8.17 Å². The van der Waals surface area contributed by atoms with Crippen LogP contribution in [0.5, 0.6) is 0 Å². The molecule has 1 aliphatic carbocycles. The first-order valence-corrected chi connectivity index (χ1v) is 19.6. The zero-order chi connectivity index (χ0) is 38.1. The third-order valence-corrected chi connectivity index (χ3v) is 11.1. The molecule has 8 aromatic carbocycles. The maximum atomic E-state index is 14.3. The molecule has 0 fully saturated rings. The average Bonchev–Trinajstić information content (AvgIpc) is 3.62. The highest BCUT2D eigenvalue weighted by Crippen LogP contribution is 2.41. The number of halogens is 1. The molecule has 2 nitrogen and oxygen atoms in total. The number of allylic oxidation sites excluding steroid dienone is 4. The fourth-order valence-electron chi connectivity index (χ4n) is 8.31. The highest BCUT2D eigenvalue weighted by atomic mass is 19.1. The zero-order valence-corrected chi connectivity index (χ0v) is 31.4. The van der Waals surface area contributed by atoms with Crippen LogP contribution in [0.3, 0.4) is 0 Å². The number of nitrogens with zero attached hydrogens (tertiary/aromatic N) is 2. The minimum Gasteiger partial charge on any atom is -0.310 e. The van der Waals surface area contributed by atoms with Gasteiger partial charge in [-0.3, -0.25) is 0 Å². The van der Waals surface area contributed by atoms with E-state index in [-0.39, 0.29) is 5.82 Å². The molecule has 0 spiro atoms. The molecule has 0 aliphatic heterocycles. The molecule has 1 aromatic heterocycles. The van der Waals surface area contributed by atoms with E-state index in [9.17, 15) is 4.39 Å². The predicted molar refractivity (Wildman–Crippen MR) is 238 cm³/mol. The van der Waals surface area contributed by atoms with Gasteiger partial charge < -0.3 is 9.47 Å². The van der Waals surface area contributed by atoms with E-state index in [4.69, 9.17) is 0 Å². The molecule has 1 aliphatic rings. The first-order valence-electron chi connectivity index (χ1n) is 19.6. The number of hydrogen-bond donors (Lipinski definition) is 0. The number of hydrogen-bond acceptors (Lipinski definition) is 1. The van der Waals surface area contributed by atoms with Gasteiger partial charge in [-0.2, -0.15) is 0 Å². The van der Waals surface area contributed by atoms with Crippen LogP contribution < -0.4 is 4.90 Å². The van der Waals surface area contributed by atoms with Crippen molar-refractivity contribution in [1.82, 2.24) is 4.57 Å². The number of aromatic nitrogens is 1. The summed E-state index contributed by atoms with van der Waals surface area (Å²) in [5, 5.41) is 2.47. The van der Waals surface area contributed by atoms with Gasteiger partial charge in [0.25, 0.3) is 0 Å². The Morgan fingerprint density at radius 1 is 0.404 bits per heavy atom. The summed E-state index contributed by atoms with van der Waals surface area (Å²) >= 11 is 0. The molecule has 0 N–H and O–H groups in total. The Morgan fingerprint density at radius 3 is 1.74 bits per heavy atom. The summed E-state index contributed by atoms with van der Waals surface area (Å²) in [6.07, 6.45) is 8.98. The molecule has 1 heterocycles. The van der Waals surface area contributed by atoms with Crippen LogP contribution in [0.25, 0.3) is 72.0 Å². The van der Waals surface area contributed by atoms with Crippen molar-refractivity contribution >= 4 is 44.6 Å². The van der Waals surface area contributed by atoms with Gasteiger partial charge in [0.2, 0.25) is 0 Å². The van der Waals surface area contributed by atoms with E-state index in [1.807, 2.05) is 12.1 Å². The highest BCUT2D eigenvalue weighted by molar-refractivity contribution is 6.11. The predicted octanol–water partition coefficient (Wildman–Crippen LogP) is 15.3. The number of fused-ring (bicyclic) bond motifs is 3. The molecule has 0 bridgehead atoms. The van der Waals surface area contributed by atoms with Crippen LogP contribution in [0.1, 0.15) is 12.8 Å². The van der Waals surface area contributed by atoms with E-state index >= 15 is 0 Å². The Hall–Kier alpha value is -7.23. The van der Waals surface area contributed by atoms with Gasteiger partial charge in [0, 0.05) is 33.5 Å². The summed E-state index contributed by atoms with van der Waals surface area (Å²) in [6.45, 7) is 0. The van der Waals surface area contributed by atoms with Gasteiger partial charge in [0.15, 0.2) is 0 Å². The largest absolute Gasteiger partial charge is 0.310 e. The van der Waals surface area contributed by atoms with E-state index in [2.05, 4.69) is 198 Å². The molecule has 0 saturated heterocycles. The second-order valence-corrected chi connectivity index (χ2v) is 14.6. The fraction of sp³-hybridized carbons (Fsp3) is 0.0370. The van der Waals surface area contributed by atoms with Crippen molar-refractivity contribution in [3.8, 4) is 44.5 Å². The molecule has 0 radical (unpaired) electrons. The molecule has 10 rings (SSSR count). The SMILES string of the molecule is Fc1ccc(N(c2ccc(-c3ccc(-c4ccccc4)c(-c4ccccc4)c3)cc2)c2cccc(-c3ccc4c(c3)c3ccccc3n4C3=CCCC=C3)c2)cc1. The zero-order valence-electron chi connectivity index (χ0n) is 31.4. The molecule has 3 heteroatoms. The molecule has 0 atom stereocenters. The van der Waals surface area contributed by atoms with Crippen LogP contribution in [0.4, 0.5) is 21.5 Å². The van der Waals surface area contributed by atoms with Crippen LogP contribution in [0.15, 0.2) is 212 Å². The molecule has 0 amide bonds. The van der Waals surface area contributed by atoms with Crippen LogP contribution in [-0.2, 0) is 0 Å². The normalized spacial score (nSPS) is 12.5. The lowest BCUT2D eigenvalue weighted by Gasteiger charge is -2.26. The van der Waals surface area contributed by atoms with Crippen molar-refractivity contribution < 1.29 is 4.39 Å². The van der Waals surface area contributed by atoms with Crippen LogP contribution in [-0.4, -0.2) is 4.57 Å². The van der Waals surface area contributed by atoms with Crippen LogP contribution in [0, 0.1) is 5.82 Å². The summed E-state index contributed by atoms with van der Waals surface area (Å²) in [5.74, 6) is -0.261. The number of rotatable bonds is 8. The molecule has 0 unspecified atom stereocenters. The number of benzene rings is 8. The molecule has 0 saturated carbocycles. The highest BCUT2D eigenvalue weighted by Gasteiger charge is 2.17. The smallest absolute Gasteiger partial charge is 0.123 e. The minimum absolute atomic E-state index is 0.261. The average molecular weight is 735 g/mol. The summed E-state index contributed by atoms with van der Waals surface area (Å²) in [4.78, 5) is 2.20. The van der Waals surface area contributed by atoms with E-state index in [0.29, 0.717) is 0 Å². The maximum Gasteiger partial charge on any atom is 0.123 e. The minimum atomic E-state index is -0.261. The Balaban J connectivity index is 1.04. The quantitative estimate of drug-likeness (QED) is 0.151. The third-order valence-electron chi connectivity index (χ3n) is 11.1. The number of anilines is 3. The molecule has 9 aromatic rings. The first-order chi connectivity index (χ1) is 28.2. The van der Waals surface area contributed by atoms with Crippen molar-refractivity contribution in [2.45, 2.75) is 12.8 Å². The fourth-order valence-corrected chi connectivity index (χ4v) is 8.31. The van der Waals surface area contributed by atoms with Gasteiger partial charge in [0.05, 0.1) is 11.0 Å². The van der Waals surface area contributed by atoms with Crippen molar-refractivity contribution in [2.24, 2.45) is 0 Å². The van der Waals surface area contributed by atoms with Crippen molar-refractivity contribution in [2.75, 3.05) is 4.90 Å². The maximum absolute atomic E-state index is 14.3. The first kappa shape index (κ1) is 34.3. The molecule has 57 heavy (non-hydrogen) atoms. The monoisotopic (exact) mass is 734 g/mol. The third kappa shape index (κ3) is 6.53. The van der Waals surface area contributed by atoms with E-state index < -0.39 is 0 Å². The lowest BCUT2D eigenvalue weighted by atomic mass is 9.91. The second-order valence-electron chi connectivity index (χ2n) is 14.6. The Labute approximate surface area is 332 Å². The summed E-state index contributed by atoms with van der Waals surface area (Å²) in [6, 6.07) is 67.5. The van der Waals surface area contributed by atoms with Crippen molar-refractivity contribution in [3.63, 3.8) is 0 Å². The van der Waals surface area contributed by atoms with E-state index in [1.54, 1.807) is 0 Å².